The molecular weight excluding hydrogens is 260 g/mol. The number of hydrogen-bond acceptors (Lipinski definition) is 4. The quantitative estimate of drug-likeness (QED) is 0.372. The molecule has 1 atom stereocenters. The maximum Gasteiger partial charge on any atom is 0.220 e. The minimum Gasteiger partial charge on any atom is -0.355 e. The summed E-state index contributed by atoms with van der Waals surface area (Å²) in [6.45, 7) is 0.678. The number of nitriles is 1. The van der Waals surface area contributed by atoms with Gasteiger partial charge < -0.3 is 5.32 Å². The zero-order chi connectivity index (χ0) is 13.7. The zero-order valence-corrected chi connectivity index (χ0v) is 11.3. The predicted molar refractivity (Wildman–Crippen MR) is 76.2 cm³/mol. The first kappa shape index (κ1) is 13.4. The third-order valence-corrected chi connectivity index (χ3v) is 3.49. The third kappa shape index (κ3) is 3.48. The van der Waals surface area contributed by atoms with E-state index < -0.39 is 0 Å². The summed E-state index contributed by atoms with van der Waals surface area (Å²) in [7, 11) is 0. The van der Waals surface area contributed by atoms with E-state index in [1.165, 1.54) is 11.8 Å². The van der Waals surface area contributed by atoms with Crippen LogP contribution in [0.1, 0.15) is 17.9 Å². The number of carbonyl (C=O) groups is 1. The lowest BCUT2D eigenvalue weighted by atomic mass is 9.98. The van der Waals surface area contributed by atoms with E-state index in [-0.39, 0.29) is 11.8 Å². The molecule has 0 spiro atoms. The van der Waals surface area contributed by atoms with Gasteiger partial charge in [0.15, 0.2) is 11.4 Å². The molecule has 1 saturated heterocycles. The molecule has 1 aliphatic rings. The second-order valence-corrected chi connectivity index (χ2v) is 4.95. The van der Waals surface area contributed by atoms with Crippen molar-refractivity contribution in [3.63, 3.8) is 0 Å². The van der Waals surface area contributed by atoms with Crippen molar-refractivity contribution in [2.24, 2.45) is 4.99 Å². The maximum atomic E-state index is 11.2. The lowest BCUT2D eigenvalue weighted by Gasteiger charge is -2.08. The average molecular weight is 274 g/mol. The van der Waals surface area contributed by atoms with Crippen LogP contribution in [0, 0.1) is 11.5 Å². The highest BCUT2D eigenvalue weighted by Gasteiger charge is 2.22. The number of thioether (sulfide) groups is 1. The number of nitrogens with one attached hydrogen (secondary N) is 2. The van der Waals surface area contributed by atoms with Crippen LogP contribution >= 0.6 is 11.8 Å². The van der Waals surface area contributed by atoms with Crippen LogP contribution < -0.4 is 10.6 Å². The third-order valence-electron chi connectivity index (χ3n) is 2.91. The molecule has 2 rings (SSSR count). The number of amides is 1. The molecule has 1 aromatic rings. The number of aliphatic imine (C=N–C) groups is 1. The first-order valence-corrected chi connectivity index (χ1v) is 7.10. The van der Waals surface area contributed by atoms with Gasteiger partial charge in [0.05, 0.1) is 5.69 Å². The summed E-state index contributed by atoms with van der Waals surface area (Å²) in [4.78, 5) is 15.6. The largest absolute Gasteiger partial charge is 0.355 e. The van der Waals surface area contributed by atoms with Gasteiger partial charge in [-0.05, 0) is 24.0 Å². The molecule has 2 N–H and O–H groups in total. The molecule has 1 unspecified atom stereocenters. The van der Waals surface area contributed by atoms with Crippen LogP contribution in [-0.2, 0) is 4.79 Å². The predicted octanol–water partition coefficient (Wildman–Crippen LogP) is 1.71. The van der Waals surface area contributed by atoms with Gasteiger partial charge >= 0.3 is 0 Å². The average Bonchev–Trinajstić information content (AvgIpc) is 2.85. The molecule has 0 aromatic heterocycles. The summed E-state index contributed by atoms with van der Waals surface area (Å²) in [5, 5.41) is 14.5. The highest BCUT2D eigenvalue weighted by atomic mass is 32.2. The summed E-state index contributed by atoms with van der Waals surface area (Å²) >= 11 is 1.38. The first-order chi connectivity index (χ1) is 9.22. The standard InChI is InChI=1S/C13H14N4OS/c1-19-13(16-8-14)17-11-4-2-3-9(5-11)10-6-12(18)15-7-10/h2-5,10H,6-7H2,1H3,(H,15,18)(H,16,17). The Bertz CT molecular complexity index is 550. The fraction of sp³-hybridized carbons (Fsp3) is 0.308. The van der Waals surface area contributed by atoms with Crippen molar-refractivity contribution in [2.45, 2.75) is 12.3 Å². The molecule has 1 aromatic carbocycles. The normalized spacial score (nSPS) is 18.8. The molecular formula is C13H14N4OS. The summed E-state index contributed by atoms with van der Waals surface area (Å²) in [6.07, 6.45) is 4.24. The Labute approximate surface area is 116 Å². The van der Waals surface area contributed by atoms with Gasteiger partial charge in [-0.3, -0.25) is 10.1 Å². The zero-order valence-electron chi connectivity index (χ0n) is 10.5. The van der Waals surface area contributed by atoms with Crippen molar-refractivity contribution >= 4 is 28.5 Å². The van der Waals surface area contributed by atoms with Crippen molar-refractivity contribution in [1.82, 2.24) is 10.6 Å². The highest BCUT2D eigenvalue weighted by molar-refractivity contribution is 8.13. The minimum absolute atomic E-state index is 0.0925. The van der Waals surface area contributed by atoms with E-state index in [9.17, 15) is 4.79 Å². The second kappa shape index (κ2) is 6.25. The molecule has 1 amide bonds. The molecule has 1 aliphatic heterocycles. The van der Waals surface area contributed by atoms with E-state index >= 15 is 0 Å². The minimum atomic E-state index is 0.0925. The van der Waals surface area contributed by atoms with Crippen LogP contribution in [0.5, 0.6) is 0 Å². The van der Waals surface area contributed by atoms with Gasteiger partial charge in [-0.25, -0.2) is 4.99 Å². The fourth-order valence-corrected chi connectivity index (χ4v) is 2.32. The molecule has 0 bridgehead atoms. The molecule has 6 heteroatoms. The Kier molecular flexibility index (Phi) is 4.42. The monoisotopic (exact) mass is 274 g/mol. The highest BCUT2D eigenvalue weighted by Crippen LogP contribution is 2.26. The van der Waals surface area contributed by atoms with E-state index in [4.69, 9.17) is 5.26 Å². The number of amidine groups is 1. The molecule has 0 saturated carbocycles. The van der Waals surface area contributed by atoms with Gasteiger partial charge in [-0.15, -0.1) is 0 Å². The summed E-state index contributed by atoms with van der Waals surface area (Å²) in [6, 6.07) is 7.75. The smallest absolute Gasteiger partial charge is 0.220 e. The summed E-state index contributed by atoms with van der Waals surface area (Å²) in [5.41, 5.74) is 1.88. The fourth-order valence-electron chi connectivity index (χ4n) is 1.98. The van der Waals surface area contributed by atoms with Crippen molar-refractivity contribution in [3.8, 4) is 6.19 Å². The number of carbonyl (C=O) groups excluding carboxylic acids is 1. The maximum absolute atomic E-state index is 11.2. The van der Waals surface area contributed by atoms with Crippen molar-refractivity contribution in [2.75, 3.05) is 12.8 Å². The van der Waals surface area contributed by atoms with Gasteiger partial charge in [0, 0.05) is 18.9 Å². The topological polar surface area (TPSA) is 77.3 Å². The summed E-state index contributed by atoms with van der Waals surface area (Å²) in [5.74, 6) is 0.305. The Morgan fingerprint density at radius 2 is 2.47 bits per heavy atom. The van der Waals surface area contributed by atoms with Crippen molar-refractivity contribution in [1.29, 1.82) is 5.26 Å². The van der Waals surface area contributed by atoms with Gasteiger partial charge in [0.1, 0.15) is 0 Å². The van der Waals surface area contributed by atoms with Gasteiger partial charge in [0.2, 0.25) is 5.91 Å². The number of hydrogen-bond donors (Lipinski definition) is 2. The van der Waals surface area contributed by atoms with Crippen LogP contribution in [-0.4, -0.2) is 23.9 Å². The van der Waals surface area contributed by atoms with Crippen LogP contribution in [0.15, 0.2) is 29.3 Å². The number of benzene rings is 1. The summed E-state index contributed by atoms with van der Waals surface area (Å²) < 4.78 is 0. The molecule has 1 fully saturated rings. The van der Waals surface area contributed by atoms with Gasteiger partial charge in [-0.2, -0.15) is 5.26 Å². The molecule has 5 nitrogen and oxygen atoms in total. The van der Waals surface area contributed by atoms with Crippen molar-refractivity contribution < 1.29 is 4.79 Å². The lowest BCUT2D eigenvalue weighted by Crippen LogP contribution is -2.13. The molecule has 0 radical (unpaired) electrons. The van der Waals surface area contributed by atoms with E-state index in [1.807, 2.05) is 36.7 Å². The van der Waals surface area contributed by atoms with Crippen LogP contribution in [0.25, 0.3) is 0 Å². The Morgan fingerprint density at radius 1 is 1.63 bits per heavy atom. The Balaban J connectivity index is 2.20. The van der Waals surface area contributed by atoms with Gasteiger partial charge in [-0.1, -0.05) is 23.9 Å². The van der Waals surface area contributed by atoms with Crippen LogP contribution in [0.2, 0.25) is 0 Å². The van der Waals surface area contributed by atoms with Crippen LogP contribution in [0.4, 0.5) is 5.69 Å². The second-order valence-electron chi connectivity index (χ2n) is 4.16. The molecule has 98 valence electrons. The van der Waals surface area contributed by atoms with Crippen LogP contribution in [0.3, 0.4) is 0 Å². The van der Waals surface area contributed by atoms with E-state index in [0.29, 0.717) is 18.1 Å². The van der Waals surface area contributed by atoms with Crippen molar-refractivity contribution in [3.05, 3.63) is 29.8 Å². The lowest BCUT2D eigenvalue weighted by molar-refractivity contribution is -0.119. The number of nitrogens with zero attached hydrogens (tertiary/aromatic N) is 2. The molecule has 1 heterocycles. The van der Waals surface area contributed by atoms with Gasteiger partial charge in [0.25, 0.3) is 0 Å². The Hall–Kier alpha value is -2.00. The Morgan fingerprint density at radius 3 is 3.11 bits per heavy atom. The molecule has 0 aliphatic carbocycles. The first-order valence-electron chi connectivity index (χ1n) is 5.87. The van der Waals surface area contributed by atoms with E-state index in [2.05, 4.69) is 15.6 Å². The SMILES string of the molecule is CSC(=Nc1cccc(C2CNC(=O)C2)c1)NC#N. The molecule has 19 heavy (non-hydrogen) atoms. The van der Waals surface area contributed by atoms with E-state index in [1.54, 1.807) is 0 Å². The van der Waals surface area contributed by atoms with E-state index in [0.717, 1.165) is 11.3 Å². The number of rotatable bonds is 2.